The Hall–Kier alpha value is -2.08. The maximum Gasteiger partial charge on any atom is 0.413 e. The molecule has 4 rings (SSSR count). The van der Waals surface area contributed by atoms with E-state index in [0.717, 1.165) is 62.6 Å². The minimum Gasteiger partial charge on any atom is -0.446 e. The molecule has 2 aliphatic rings. The molecule has 0 aromatic carbocycles. The Kier molecular flexibility index (Phi) is 6.38. The SMILES string of the molecule is CC(C)CN1CCC(c2c[nH]c3ccc(NC(=O)OC4CCCCC4)nc23)CC1. The number of ether oxygens (including phenoxy) is 1. The van der Waals surface area contributed by atoms with Crippen LogP contribution < -0.4 is 5.32 Å². The van der Waals surface area contributed by atoms with Crippen LogP contribution in [0.4, 0.5) is 10.6 Å². The van der Waals surface area contributed by atoms with Crippen LogP contribution in [0.3, 0.4) is 0 Å². The number of piperidine rings is 1. The summed E-state index contributed by atoms with van der Waals surface area (Å²) >= 11 is 0. The van der Waals surface area contributed by atoms with Crippen molar-refractivity contribution in [3.63, 3.8) is 0 Å². The van der Waals surface area contributed by atoms with Crippen LogP contribution in [0.15, 0.2) is 18.3 Å². The minimum atomic E-state index is -0.386. The molecule has 0 bridgehead atoms. The van der Waals surface area contributed by atoms with Gasteiger partial charge >= 0.3 is 6.09 Å². The Morgan fingerprint density at radius 1 is 1.21 bits per heavy atom. The van der Waals surface area contributed by atoms with Crippen LogP contribution in [-0.4, -0.2) is 46.7 Å². The van der Waals surface area contributed by atoms with Gasteiger partial charge in [-0.1, -0.05) is 20.3 Å². The van der Waals surface area contributed by atoms with Gasteiger partial charge in [0.25, 0.3) is 0 Å². The van der Waals surface area contributed by atoms with Gasteiger partial charge in [0.2, 0.25) is 0 Å². The predicted octanol–water partition coefficient (Wildman–Crippen LogP) is 5.28. The lowest BCUT2D eigenvalue weighted by Gasteiger charge is -2.32. The van der Waals surface area contributed by atoms with Crippen LogP contribution >= 0.6 is 0 Å². The van der Waals surface area contributed by atoms with Crippen LogP contribution in [0.1, 0.15) is 70.3 Å². The monoisotopic (exact) mass is 398 g/mol. The molecule has 158 valence electrons. The van der Waals surface area contributed by atoms with E-state index in [4.69, 9.17) is 9.72 Å². The lowest BCUT2D eigenvalue weighted by molar-refractivity contribution is 0.0864. The molecule has 1 saturated carbocycles. The smallest absolute Gasteiger partial charge is 0.413 e. The zero-order valence-corrected chi connectivity index (χ0v) is 17.7. The van der Waals surface area contributed by atoms with Gasteiger partial charge in [0.1, 0.15) is 11.9 Å². The third-order valence-corrected chi connectivity index (χ3v) is 6.26. The van der Waals surface area contributed by atoms with Crippen molar-refractivity contribution < 1.29 is 9.53 Å². The third-order valence-electron chi connectivity index (χ3n) is 6.26. The first kappa shape index (κ1) is 20.2. The Bertz CT molecular complexity index is 817. The topological polar surface area (TPSA) is 70.2 Å². The molecule has 1 amide bonds. The number of hydrogen-bond donors (Lipinski definition) is 2. The second-order valence-electron chi connectivity index (χ2n) is 9.10. The summed E-state index contributed by atoms with van der Waals surface area (Å²) in [4.78, 5) is 23.0. The van der Waals surface area contributed by atoms with Crippen LogP contribution in [0.5, 0.6) is 0 Å². The van der Waals surface area contributed by atoms with Gasteiger partial charge in [-0.3, -0.25) is 5.32 Å². The average Bonchev–Trinajstić information content (AvgIpc) is 3.12. The number of hydrogen-bond acceptors (Lipinski definition) is 4. The molecule has 1 saturated heterocycles. The highest BCUT2D eigenvalue weighted by Crippen LogP contribution is 2.33. The zero-order valence-electron chi connectivity index (χ0n) is 17.7. The van der Waals surface area contributed by atoms with Gasteiger partial charge < -0.3 is 14.6 Å². The maximum absolute atomic E-state index is 12.3. The molecule has 6 nitrogen and oxygen atoms in total. The van der Waals surface area contributed by atoms with E-state index < -0.39 is 0 Å². The van der Waals surface area contributed by atoms with E-state index in [9.17, 15) is 4.79 Å². The summed E-state index contributed by atoms with van der Waals surface area (Å²) in [6.45, 7) is 8.02. The fraction of sp³-hybridized carbons (Fsp3) is 0.652. The van der Waals surface area contributed by atoms with E-state index in [-0.39, 0.29) is 12.2 Å². The Morgan fingerprint density at radius 2 is 1.97 bits per heavy atom. The highest BCUT2D eigenvalue weighted by molar-refractivity contribution is 5.87. The van der Waals surface area contributed by atoms with Gasteiger partial charge in [0.05, 0.1) is 11.0 Å². The van der Waals surface area contributed by atoms with Gasteiger partial charge in [0, 0.05) is 12.7 Å². The van der Waals surface area contributed by atoms with Crippen LogP contribution in [0, 0.1) is 5.92 Å². The summed E-state index contributed by atoms with van der Waals surface area (Å²) in [7, 11) is 0. The number of aromatic nitrogens is 2. The maximum atomic E-state index is 12.3. The molecule has 29 heavy (non-hydrogen) atoms. The lowest BCUT2D eigenvalue weighted by Crippen LogP contribution is -2.35. The Morgan fingerprint density at radius 3 is 2.69 bits per heavy atom. The van der Waals surface area contributed by atoms with Crippen molar-refractivity contribution in [3.8, 4) is 0 Å². The van der Waals surface area contributed by atoms with Gasteiger partial charge in [-0.05, 0) is 81.1 Å². The molecule has 0 spiro atoms. The van der Waals surface area contributed by atoms with Gasteiger partial charge in [0.15, 0.2) is 0 Å². The van der Waals surface area contributed by atoms with E-state index in [0.29, 0.717) is 17.7 Å². The largest absolute Gasteiger partial charge is 0.446 e. The molecule has 2 aromatic heterocycles. The fourth-order valence-electron chi connectivity index (χ4n) is 4.81. The zero-order chi connectivity index (χ0) is 20.2. The highest BCUT2D eigenvalue weighted by Gasteiger charge is 2.24. The Balaban J connectivity index is 1.40. The van der Waals surface area contributed by atoms with Crippen LogP contribution in [0.2, 0.25) is 0 Å². The number of carbonyl (C=O) groups is 1. The number of pyridine rings is 1. The number of H-pyrrole nitrogens is 1. The summed E-state index contributed by atoms with van der Waals surface area (Å²) in [6.07, 6.45) is 9.54. The number of nitrogens with one attached hydrogen (secondary N) is 2. The molecular formula is C23H34N4O2. The molecular weight excluding hydrogens is 364 g/mol. The third kappa shape index (κ3) is 5.10. The molecule has 1 aliphatic carbocycles. The second kappa shape index (κ2) is 9.16. The van der Waals surface area contributed by atoms with Crippen molar-refractivity contribution in [2.45, 2.75) is 70.8 Å². The quantitative estimate of drug-likeness (QED) is 0.719. The molecule has 2 fully saturated rings. The number of fused-ring (bicyclic) bond motifs is 1. The average molecular weight is 399 g/mol. The summed E-state index contributed by atoms with van der Waals surface area (Å²) in [5.74, 6) is 1.80. The van der Waals surface area contributed by atoms with E-state index in [1.54, 1.807) is 0 Å². The number of anilines is 1. The summed E-state index contributed by atoms with van der Waals surface area (Å²) < 4.78 is 5.58. The molecule has 1 aliphatic heterocycles. The van der Waals surface area contributed by atoms with Gasteiger partial charge in [-0.2, -0.15) is 0 Å². The molecule has 2 aromatic rings. The van der Waals surface area contributed by atoms with Crippen molar-refractivity contribution >= 4 is 22.9 Å². The van der Waals surface area contributed by atoms with E-state index in [1.807, 2.05) is 12.1 Å². The first-order valence-electron chi connectivity index (χ1n) is 11.3. The summed E-state index contributed by atoms with van der Waals surface area (Å²) in [5, 5.41) is 2.84. The van der Waals surface area contributed by atoms with Crippen molar-refractivity contribution in [3.05, 3.63) is 23.9 Å². The molecule has 0 atom stereocenters. The second-order valence-corrected chi connectivity index (χ2v) is 9.10. The molecule has 0 unspecified atom stereocenters. The van der Waals surface area contributed by atoms with Crippen molar-refractivity contribution in [2.24, 2.45) is 5.92 Å². The number of carbonyl (C=O) groups excluding carboxylic acids is 1. The van der Waals surface area contributed by atoms with Crippen molar-refractivity contribution in [1.82, 2.24) is 14.9 Å². The fourth-order valence-corrected chi connectivity index (χ4v) is 4.81. The summed E-state index contributed by atoms with van der Waals surface area (Å²) in [6, 6.07) is 3.84. The number of likely N-dealkylation sites (tertiary alicyclic amines) is 1. The van der Waals surface area contributed by atoms with Crippen molar-refractivity contribution in [2.75, 3.05) is 25.0 Å². The van der Waals surface area contributed by atoms with E-state index in [2.05, 4.69) is 35.2 Å². The molecule has 0 radical (unpaired) electrons. The van der Waals surface area contributed by atoms with Crippen LogP contribution in [-0.2, 0) is 4.74 Å². The standard InChI is InChI=1S/C23H34N4O2/c1-16(2)15-27-12-10-17(11-13-27)19-14-24-20-8-9-21(25-22(19)20)26-23(28)29-18-6-4-3-5-7-18/h8-9,14,16-18,24H,3-7,10-13,15H2,1-2H3,(H,25,26,28). The van der Waals surface area contributed by atoms with E-state index >= 15 is 0 Å². The van der Waals surface area contributed by atoms with E-state index in [1.165, 1.54) is 18.5 Å². The van der Waals surface area contributed by atoms with Crippen LogP contribution in [0.25, 0.3) is 11.0 Å². The van der Waals surface area contributed by atoms with Crippen molar-refractivity contribution in [1.29, 1.82) is 0 Å². The van der Waals surface area contributed by atoms with Gasteiger partial charge in [-0.15, -0.1) is 0 Å². The number of rotatable bonds is 5. The molecule has 2 N–H and O–H groups in total. The number of nitrogens with zero attached hydrogens (tertiary/aromatic N) is 2. The first-order chi connectivity index (χ1) is 14.1. The molecule has 3 heterocycles. The molecule has 6 heteroatoms. The number of aromatic amines is 1. The van der Waals surface area contributed by atoms with Gasteiger partial charge in [-0.25, -0.2) is 9.78 Å². The normalized spacial score (nSPS) is 19.7. The Labute approximate surface area is 173 Å². The number of amides is 1. The minimum absolute atomic E-state index is 0.0475. The predicted molar refractivity (Wildman–Crippen MR) is 116 cm³/mol. The highest BCUT2D eigenvalue weighted by atomic mass is 16.6. The first-order valence-corrected chi connectivity index (χ1v) is 11.3. The lowest BCUT2D eigenvalue weighted by atomic mass is 9.90. The summed E-state index contributed by atoms with van der Waals surface area (Å²) in [5.41, 5.74) is 3.27.